The molecule has 0 aromatic heterocycles. The zero-order chi connectivity index (χ0) is 13.4. The molecule has 2 amide bonds. The van der Waals surface area contributed by atoms with Crippen molar-refractivity contribution in [3.63, 3.8) is 0 Å². The van der Waals surface area contributed by atoms with Crippen molar-refractivity contribution >= 4 is 17.5 Å². The van der Waals surface area contributed by atoms with Crippen LogP contribution in [0.15, 0.2) is 12.1 Å². The maximum atomic E-state index is 11.9. The molecule has 1 heterocycles. The highest BCUT2D eigenvalue weighted by Crippen LogP contribution is 2.35. The number of phenolic OH excluding ortho intramolecular Hbond substituents is 1. The molecule has 1 fully saturated rings. The number of aryl methyl sites for hydroxylation is 2. The molecular weight excluding hydrogens is 232 g/mol. The molecule has 1 saturated heterocycles. The van der Waals surface area contributed by atoms with E-state index in [9.17, 15) is 14.7 Å². The summed E-state index contributed by atoms with van der Waals surface area (Å²) in [5, 5.41) is 10.0. The number of nitrogens with two attached hydrogens (primary N) is 1. The van der Waals surface area contributed by atoms with Crippen LogP contribution >= 0.6 is 0 Å². The summed E-state index contributed by atoms with van der Waals surface area (Å²) in [5.74, 6) is -1.05. The number of nitrogens with zero attached hydrogens (tertiary/aromatic N) is 1. The standard InChI is InChI=1S/C13H16N2O3/c1-7-3-8(2)12(17)10(4-7)15-6-9(13(14)18)5-11(15)16/h3-4,9,17H,5-6H2,1-2H3,(H2,14,18). The molecule has 5 heteroatoms. The number of aromatic hydroxyl groups is 1. The molecule has 0 radical (unpaired) electrons. The Morgan fingerprint density at radius 2 is 2.11 bits per heavy atom. The fraction of sp³-hybridized carbons (Fsp3) is 0.385. The smallest absolute Gasteiger partial charge is 0.227 e. The van der Waals surface area contributed by atoms with E-state index in [2.05, 4.69) is 0 Å². The third-order valence-corrected chi connectivity index (χ3v) is 3.24. The van der Waals surface area contributed by atoms with Crippen LogP contribution in [0.1, 0.15) is 17.5 Å². The number of anilines is 1. The Bertz CT molecular complexity index is 525. The Balaban J connectivity index is 2.38. The van der Waals surface area contributed by atoms with Gasteiger partial charge in [0.2, 0.25) is 11.8 Å². The number of carbonyl (C=O) groups is 2. The van der Waals surface area contributed by atoms with Crippen LogP contribution in [0.2, 0.25) is 0 Å². The summed E-state index contributed by atoms with van der Waals surface area (Å²) in [5.41, 5.74) is 7.34. The average molecular weight is 248 g/mol. The third kappa shape index (κ3) is 2.03. The lowest BCUT2D eigenvalue weighted by Crippen LogP contribution is -2.28. The van der Waals surface area contributed by atoms with Crippen LogP contribution in [0.25, 0.3) is 0 Å². The third-order valence-electron chi connectivity index (χ3n) is 3.24. The second-order valence-electron chi connectivity index (χ2n) is 4.76. The lowest BCUT2D eigenvalue weighted by molar-refractivity contribution is -0.123. The van der Waals surface area contributed by atoms with E-state index in [1.165, 1.54) is 4.90 Å². The topological polar surface area (TPSA) is 83.6 Å². The fourth-order valence-corrected chi connectivity index (χ4v) is 2.27. The molecule has 0 saturated carbocycles. The first-order chi connectivity index (χ1) is 8.40. The van der Waals surface area contributed by atoms with Crippen molar-refractivity contribution in [2.45, 2.75) is 20.3 Å². The van der Waals surface area contributed by atoms with E-state index in [0.717, 1.165) is 5.56 Å². The van der Waals surface area contributed by atoms with Gasteiger partial charge in [0, 0.05) is 13.0 Å². The number of rotatable bonds is 2. The van der Waals surface area contributed by atoms with Crippen molar-refractivity contribution in [1.82, 2.24) is 0 Å². The number of hydrogen-bond acceptors (Lipinski definition) is 3. The second kappa shape index (κ2) is 4.33. The van der Waals surface area contributed by atoms with Crippen LogP contribution in [0, 0.1) is 19.8 Å². The first-order valence-electron chi connectivity index (χ1n) is 5.80. The first kappa shape index (κ1) is 12.4. The van der Waals surface area contributed by atoms with Gasteiger partial charge in [-0.05, 0) is 31.0 Å². The number of carbonyl (C=O) groups excluding carboxylic acids is 2. The summed E-state index contributed by atoms with van der Waals surface area (Å²) in [4.78, 5) is 24.4. The predicted molar refractivity (Wildman–Crippen MR) is 67.2 cm³/mol. The molecule has 1 aromatic rings. The maximum Gasteiger partial charge on any atom is 0.227 e. The predicted octanol–water partition coefficient (Wildman–Crippen LogP) is 0.847. The zero-order valence-corrected chi connectivity index (χ0v) is 10.4. The van der Waals surface area contributed by atoms with Gasteiger partial charge in [-0.25, -0.2) is 0 Å². The minimum Gasteiger partial charge on any atom is -0.505 e. The van der Waals surface area contributed by atoms with Gasteiger partial charge >= 0.3 is 0 Å². The van der Waals surface area contributed by atoms with Gasteiger partial charge < -0.3 is 15.7 Å². The molecule has 1 unspecified atom stereocenters. The Hall–Kier alpha value is -2.04. The average Bonchev–Trinajstić information content (AvgIpc) is 2.66. The summed E-state index contributed by atoms with van der Waals surface area (Å²) in [6.45, 7) is 3.91. The minimum atomic E-state index is -0.477. The van der Waals surface area contributed by atoms with E-state index in [1.54, 1.807) is 13.0 Å². The van der Waals surface area contributed by atoms with E-state index in [0.29, 0.717) is 11.3 Å². The van der Waals surface area contributed by atoms with Crippen molar-refractivity contribution in [2.24, 2.45) is 11.7 Å². The molecule has 96 valence electrons. The van der Waals surface area contributed by atoms with Gasteiger partial charge in [-0.1, -0.05) is 6.07 Å². The van der Waals surface area contributed by atoms with Crippen molar-refractivity contribution in [3.05, 3.63) is 23.3 Å². The Morgan fingerprint density at radius 3 is 2.67 bits per heavy atom. The fourth-order valence-electron chi connectivity index (χ4n) is 2.27. The highest BCUT2D eigenvalue weighted by atomic mass is 16.3. The van der Waals surface area contributed by atoms with Crippen molar-refractivity contribution in [2.75, 3.05) is 11.4 Å². The summed E-state index contributed by atoms with van der Waals surface area (Å²) < 4.78 is 0. The van der Waals surface area contributed by atoms with E-state index in [1.807, 2.05) is 13.0 Å². The highest BCUT2D eigenvalue weighted by Gasteiger charge is 2.35. The van der Waals surface area contributed by atoms with Gasteiger partial charge in [0.1, 0.15) is 5.75 Å². The molecule has 2 rings (SSSR count). The molecule has 0 spiro atoms. The second-order valence-corrected chi connectivity index (χ2v) is 4.76. The lowest BCUT2D eigenvalue weighted by atomic mass is 10.1. The van der Waals surface area contributed by atoms with Crippen LogP contribution in [0.3, 0.4) is 0 Å². The zero-order valence-electron chi connectivity index (χ0n) is 10.4. The molecule has 0 bridgehead atoms. The van der Waals surface area contributed by atoms with E-state index in [-0.39, 0.29) is 24.6 Å². The van der Waals surface area contributed by atoms with E-state index < -0.39 is 11.8 Å². The van der Waals surface area contributed by atoms with Crippen molar-refractivity contribution in [3.8, 4) is 5.75 Å². The number of amides is 2. The van der Waals surface area contributed by atoms with Crippen LogP contribution in [0.4, 0.5) is 5.69 Å². The van der Waals surface area contributed by atoms with Gasteiger partial charge in [-0.15, -0.1) is 0 Å². The van der Waals surface area contributed by atoms with Gasteiger partial charge in [0.05, 0.1) is 11.6 Å². The number of primary amides is 1. The SMILES string of the molecule is Cc1cc(C)c(O)c(N2CC(C(N)=O)CC2=O)c1. The van der Waals surface area contributed by atoms with Gasteiger partial charge in [0.15, 0.2) is 0 Å². The van der Waals surface area contributed by atoms with Gasteiger partial charge in [-0.3, -0.25) is 9.59 Å². The Kier molecular flexibility index (Phi) is 2.98. The monoisotopic (exact) mass is 248 g/mol. The van der Waals surface area contributed by atoms with E-state index >= 15 is 0 Å². The quantitative estimate of drug-likeness (QED) is 0.813. The molecule has 1 atom stereocenters. The van der Waals surface area contributed by atoms with Crippen LogP contribution in [0.5, 0.6) is 5.75 Å². The van der Waals surface area contributed by atoms with Gasteiger partial charge in [-0.2, -0.15) is 0 Å². The summed E-state index contributed by atoms with van der Waals surface area (Å²) in [6.07, 6.45) is 0.113. The van der Waals surface area contributed by atoms with Crippen LogP contribution in [-0.4, -0.2) is 23.5 Å². The Labute approximate surface area is 105 Å². The highest BCUT2D eigenvalue weighted by molar-refractivity contribution is 6.01. The molecule has 0 aliphatic carbocycles. The van der Waals surface area contributed by atoms with Gasteiger partial charge in [0.25, 0.3) is 0 Å². The minimum absolute atomic E-state index is 0.0825. The molecule has 18 heavy (non-hydrogen) atoms. The number of phenols is 1. The number of hydrogen-bond donors (Lipinski definition) is 2. The summed E-state index contributed by atoms with van der Waals surface area (Å²) in [7, 11) is 0. The molecule has 1 aliphatic heterocycles. The maximum absolute atomic E-state index is 11.9. The molecule has 3 N–H and O–H groups in total. The summed E-state index contributed by atoms with van der Waals surface area (Å²) >= 11 is 0. The normalized spacial score (nSPS) is 19.3. The number of benzene rings is 1. The summed E-state index contributed by atoms with van der Waals surface area (Å²) in [6, 6.07) is 3.58. The first-order valence-corrected chi connectivity index (χ1v) is 5.80. The molecule has 1 aliphatic rings. The largest absolute Gasteiger partial charge is 0.505 e. The van der Waals surface area contributed by atoms with Crippen LogP contribution in [-0.2, 0) is 9.59 Å². The molecule has 1 aromatic carbocycles. The lowest BCUT2D eigenvalue weighted by Gasteiger charge is -2.19. The Morgan fingerprint density at radius 1 is 1.44 bits per heavy atom. The van der Waals surface area contributed by atoms with Crippen LogP contribution < -0.4 is 10.6 Å². The van der Waals surface area contributed by atoms with Crippen molar-refractivity contribution < 1.29 is 14.7 Å². The van der Waals surface area contributed by atoms with Crippen molar-refractivity contribution in [1.29, 1.82) is 0 Å². The van der Waals surface area contributed by atoms with E-state index in [4.69, 9.17) is 5.73 Å². The molecule has 5 nitrogen and oxygen atoms in total. The molecular formula is C13H16N2O3.